The maximum absolute atomic E-state index is 12.4. The maximum Gasteiger partial charge on any atom is 0.260 e. The summed E-state index contributed by atoms with van der Waals surface area (Å²) >= 11 is 0. The van der Waals surface area contributed by atoms with Gasteiger partial charge in [0.15, 0.2) is 0 Å². The third-order valence-electron chi connectivity index (χ3n) is 3.90. The van der Waals surface area contributed by atoms with Crippen molar-refractivity contribution in [2.24, 2.45) is 5.92 Å². The van der Waals surface area contributed by atoms with Gasteiger partial charge in [-0.05, 0) is 44.7 Å². The van der Waals surface area contributed by atoms with Crippen molar-refractivity contribution in [3.05, 3.63) is 45.9 Å². The van der Waals surface area contributed by atoms with Crippen molar-refractivity contribution in [3.8, 4) is 0 Å². The van der Waals surface area contributed by atoms with Crippen LogP contribution >= 0.6 is 0 Å². The lowest BCUT2D eigenvalue weighted by Gasteiger charge is -2.18. The molecule has 0 spiro atoms. The number of aromatic amines is 1. The Morgan fingerprint density at radius 1 is 1.50 bits per heavy atom. The molecule has 1 atom stereocenters. The molecule has 1 aliphatic carbocycles. The first-order valence-electron chi connectivity index (χ1n) is 7.48. The molecule has 2 aromatic heterocycles. The number of pyridine rings is 1. The first-order valence-corrected chi connectivity index (χ1v) is 7.48. The van der Waals surface area contributed by atoms with Crippen molar-refractivity contribution in [1.82, 2.24) is 25.1 Å². The number of H-pyrrole nitrogens is 1. The summed E-state index contributed by atoms with van der Waals surface area (Å²) in [6, 6.07) is 3.07. The second-order valence-electron chi connectivity index (χ2n) is 5.61. The van der Waals surface area contributed by atoms with Gasteiger partial charge in [0.1, 0.15) is 17.7 Å². The van der Waals surface area contributed by atoms with Gasteiger partial charge in [0.2, 0.25) is 0 Å². The zero-order valence-electron chi connectivity index (χ0n) is 12.7. The van der Waals surface area contributed by atoms with Gasteiger partial charge in [0.05, 0.1) is 6.04 Å². The molecule has 0 aromatic carbocycles. The summed E-state index contributed by atoms with van der Waals surface area (Å²) < 4.78 is 1.78. The van der Waals surface area contributed by atoms with Crippen molar-refractivity contribution in [2.45, 2.75) is 39.3 Å². The summed E-state index contributed by atoms with van der Waals surface area (Å²) in [6.45, 7) is 4.45. The highest BCUT2D eigenvalue weighted by Gasteiger charge is 2.36. The van der Waals surface area contributed by atoms with Crippen LogP contribution in [0, 0.1) is 12.8 Å². The van der Waals surface area contributed by atoms with E-state index in [0.717, 1.165) is 24.4 Å². The molecular weight excluding hydrogens is 282 g/mol. The molecule has 2 N–H and O–H groups in total. The van der Waals surface area contributed by atoms with Crippen LogP contribution in [0.1, 0.15) is 47.7 Å². The second kappa shape index (κ2) is 5.75. The summed E-state index contributed by atoms with van der Waals surface area (Å²) in [5.41, 5.74) is 0.480. The quantitative estimate of drug-likeness (QED) is 0.867. The Morgan fingerprint density at radius 2 is 2.27 bits per heavy atom. The fourth-order valence-corrected chi connectivity index (χ4v) is 2.55. The van der Waals surface area contributed by atoms with Crippen molar-refractivity contribution < 1.29 is 4.79 Å². The van der Waals surface area contributed by atoms with Gasteiger partial charge in [-0.25, -0.2) is 9.67 Å². The Hall–Kier alpha value is -2.44. The predicted molar refractivity (Wildman–Crippen MR) is 80.4 cm³/mol. The SMILES string of the molecule is CCn1ncnc1[C@H](NC(=O)c1ccc(C)[nH]c1=O)C1CC1. The Bertz CT molecular complexity index is 744. The van der Waals surface area contributed by atoms with E-state index in [1.54, 1.807) is 23.7 Å². The highest BCUT2D eigenvalue weighted by atomic mass is 16.2. The molecule has 2 aromatic rings. The van der Waals surface area contributed by atoms with Gasteiger partial charge in [0.25, 0.3) is 11.5 Å². The number of carbonyl (C=O) groups is 1. The number of nitrogens with one attached hydrogen (secondary N) is 2. The van der Waals surface area contributed by atoms with Crippen LogP contribution in [-0.2, 0) is 6.54 Å². The minimum Gasteiger partial charge on any atom is -0.342 e. The van der Waals surface area contributed by atoms with Crippen LogP contribution < -0.4 is 10.9 Å². The van der Waals surface area contributed by atoms with Gasteiger partial charge in [-0.1, -0.05) is 0 Å². The van der Waals surface area contributed by atoms with E-state index in [0.29, 0.717) is 12.5 Å². The van der Waals surface area contributed by atoms with Gasteiger partial charge >= 0.3 is 0 Å². The third kappa shape index (κ3) is 2.79. The van der Waals surface area contributed by atoms with Gasteiger partial charge in [-0.15, -0.1) is 0 Å². The number of aromatic nitrogens is 4. The summed E-state index contributed by atoms with van der Waals surface area (Å²) in [4.78, 5) is 31.3. The first kappa shape index (κ1) is 14.5. The molecule has 1 fully saturated rings. The Balaban J connectivity index is 1.85. The molecule has 7 heteroatoms. The summed E-state index contributed by atoms with van der Waals surface area (Å²) in [5, 5.41) is 7.11. The van der Waals surface area contributed by atoms with Gasteiger partial charge in [-0.2, -0.15) is 5.10 Å². The lowest BCUT2D eigenvalue weighted by Crippen LogP contribution is -2.35. The number of hydrogen-bond acceptors (Lipinski definition) is 4. The lowest BCUT2D eigenvalue weighted by molar-refractivity contribution is 0.0927. The average molecular weight is 301 g/mol. The minimum absolute atomic E-state index is 0.124. The Kier molecular flexibility index (Phi) is 3.79. The van der Waals surface area contributed by atoms with Crippen molar-refractivity contribution in [2.75, 3.05) is 0 Å². The van der Waals surface area contributed by atoms with E-state index in [9.17, 15) is 9.59 Å². The van der Waals surface area contributed by atoms with Gasteiger partial charge in [0, 0.05) is 12.2 Å². The number of hydrogen-bond donors (Lipinski definition) is 2. The molecule has 3 rings (SSSR count). The third-order valence-corrected chi connectivity index (χ3v) is 3.90. The van der Waals surface area contributed by atoms with Crippen LogP contribution in [0.5, 0.6) is 0 Å². The Morgan fingerprint density at radius 3 is 2.91 bits per heavy atom. The molecule has 0 saturated heterocycles. The van der Waals surface area contributed by atoms with Crippen LogP contribution in [0.3, 0.4) is 0 Å². The molecule has 22 heavy (non-hydrogen) atoms. The van der Waals surface area contributed by atoms with E-state index < -0.39 is 0 Å². The number of carbonyl (C=O) groups excluding carboxylic acids is 1. The summed E-state index contributed by atoms with van der Waals surface area (Å²) in [7, 11) is 0. The first-order chi connectivity index (χ1) is 10.6. The molecular formula is C15H19N5O2. The molecule has 7 nitrogen and oxygen atoms in total. The van der Waals surface area contributed by atoms with E-state index >= 15 is 0 Å². The minimum atomic E-state index is -0.371. The predicted octanol–water partition coefficient (Wildman–Crippen LogP) is 1.18. The standard InChI is InChI=1S/C15H19N5O2/c1-3-20-13(16-8-17-20)12(10-5-6-10)19-15(22)11-7-4-9(2)18-14(11)21/h4,7-8,10,12H,3,5-6H2,1-2H3,(H,18,21)(H,19,22)/t12-/m1/s1. The van der Waals surface area contributed by atoms with Crippen LogP contribution in [0.15, 0.2) is 23.3 Å². The van der Waals surface area contributed by atoms with Crippen LogP contribution in [0.2, 0.25) is 0 Å². The van der Waals surface area contributed by atoms with Crippen LogP contribution in [0.4, 0.5) is 0 Å². The van der Waals surface area contributed by atoms with Crippen LogP contribution in [-0.4, -0.2) is 25.7 Å². The highest BCUT2D eigenvalue weighted by Crippen LogP contribution is 2.40. The molecule has 2 heterocycles. The molecule has 0 unspecified atom stereocenters. The van der Waals surface area contributed by atoms with Gasteiger partial charge in [-0.3, -0.25) is 9.59 Å². The van der Waals surface area contributed by atoms with E-state index in [1.165, 1.54) is 6.33 Å². The van der Waals surface area contributed by atoms with Gasteiger partial charge < -0.3 is 10.3 Å². The zero-order valence-corrected chi connectivity index (χ0v) is 12.7. The fraction of sp³-hybridized carbons (Fsp3) is 0.467. The summed E-state index contributed by atoms with van der Waals surface area (Å²) in [6.07, 6.45) is 3.59. The monoisotopic (exact) mass is 301 g/mol. The van der Waals surface area contributed by atoms with E-state index in [4.69, 9.17) is 0 Å². The second-order valence-corrected chi connectivity index (χ2v) is 5.61. The van der Waals surface area contributed by atoms with Crippen molar-refractivity contribution in [1.29, 1.82) is 0 Å². The average Bonchev–Trinajstić information content (AvgIpc) is 3.21. The topological polar surface area (TPSA) is 92.7 Å². The van der Waals surface area contributed by atoms with E-state index in [2.05, 4.69) is 20.4 Å². The normalized spacial score (nSPS) is 15.5. The lowest BCUT2D eigenvalue weighted by atomic mass is 10.1. The number of rotatable bonds is 5. The van der Waals surface area contributed by atoms with E-state index in [-0.39, 0.29) is 23.1 Å². The summed E-state index contributed by atoms with van der Waals surface area (Å²) in [5.74, 6) is 0.744. The smallest absolute Gasteiger partial charge is 0.260 e. The number of nitrogens with zero attached hydrogens (tertiary/aromatic N) is 3. The molecule has 0 aliphatic heterocycles. The molecule has 0 bridgehead atoms. The maximum atomic E-state index is 12.4. The molecule has 1 aliphatic rings. The molecule has 0 radical (unpaired) electrons. The largest absolute Gasteiger partial charge is 0.342 e. The van der Waals surface area contributed by atoms with Crippen LogP contribution in [0.25, 0.3) is 0 Å². The zero-order chi connectivity index (χ0) is 15.7. The molecule has 1 saturated carbocycles. The number of aryl methyl sites for hydroxylation is 2. The molecule has 116 valence electrons. The van der Waals surface area contributed by atoms with E-state index in [1.807, 2.05) is 6.92 Å². The van der Waals surface area contributed by atoms with Crippen molar-refractivity contribution in [3.63, 3.8) is 0 Å². The number of amides is 1. The Labute approximate surface area is 127 Å². The van der Waals surface area contributed by atoms with Crippen molar-refractivity contribution >= 4 is 5.91 Å². The molecule has 1 amide bonds. The highest BCUT2D eigenvalue weighted by molar-refractivity contribution is 5.94. The fourth-order valence-electron chi connectivity index (χ4n) is 2.55.